The average molecular weight is 355 g/mol. The van der Waals surface area contributed by atoms with E-state index in [4.69, 9.17) is 21.4 Å². The van der Waals surface area contributed by atoms with Gasteiger partial charge in [-0.15, -0.1) is 0 Å². The van der Waals surface area contributed by atoms with Crippen LogP contribution in [0.2, 0.25) is 5.02 Å². The maximum atomic E-state index is 13.0. The van der Waals surface area contributed by atoms with Crippen LogP contribution in [-0.2, 0) is 4.79 Å². The van der Waals surface area contributed by atoms with Crippen molar-refractivity contribution in [3.63, 3.8) is 0 Å². The van der Waals surface area contributed by atoms with Gasteiger partial charge in [0.2, 0.25) is 6.10 Å². The van der Waals surface area contributed by atoms with Gasteiger partial charge in [0.05, 0.1) is 5.57 Å². The quantitative estimate of drug-likeness (QED) is 0.842. The van der Waals surface area contributed by atoms with Gasteiger partial charge >= 0.3 is 12.1 Å². The van der Waals surface area contributed by atoms with Crippen molar-refractivity contribution < 1.29 is 27.8 Å². The lowest BCUT2D eigenvalue weighted by Gasteiger charge is -2.27. The second-order valence-corrected chi connectivity index (χ2v) is 5.64. The van der Waals surface area contributed by atoms with Gasteiger partial charge in [-0.2, -0.15) is 13.2 Å². The van der Waals surface area contributed by atoms with Crippen LogP contribution in [0.25, 0.3) is 17.2 Å². The Morgan fingerprint density at radius 3 is 2.29 bits per heavy atom. The van der Waals surface area contributed by atoms with Crippen molar-refractivity contribution in [1.82, 2.24) is 0 Å². The standard InChI is InChI=1S/C17H10ClF3O3/c18-12-4-1-9(2-5-12)10-3-6-14-11(7-10)8-13(16(22)23)15(24-14)17(19,20)21/h1-8,15H,(H,22,23)/t15-/m0/s1. The predicted octanol–water partition coefficient (Wildman–Crippen LogP) is 4.80. The summed E-state index contributed by atoms with van der Waals surface area (Å²) in [7, 11) is 0. The molecule has 0 aliphatic carbocycles. The molecule has 0 saturated carbocycles. The smallest absolute Gasteiger partial charge is 0.430 e. The summed E-state index contributed by atoms with van der Waals surface area (Å²) in [4.78, 5) is 11.2. The van der Waals surface area contributed by atoms with Crippen LogP contribution >= 0.6 is 11.6 Å². The molecule has 3 nitrogen and oxygen atoms in total. The van der Waals surface area contributed by atoms with Gasteiger partial charge < -0.3 is 9.84 Å². The fourth-order valence-corrected chi connectivity index (χ4v) is 2.57. The zero-order chi connectivity index (χ0) is 17.5. The predicted molar refractivity (Wildman–Crippen MR) is 83.0 cm³/mol. The molecule has 3 rings (SSSR count). The minimum Gasteiger partial charge on any atom is -0.478 e. The normalized spacial score (nSPS) is 16.8. The monoisotopic (exact) mass is 354 g/mol. The molecule has 0 fully saturated rings. The van der Waals surface area contributed by atoms with E-state index < -0.39 is 23.8 Å². The molecule has 1 aliphatic heterocycles. The van der Waals surface area contributed by atoms with Gasteiger partial charge in [0.15, 0.2) is 0 Å². The molecule has 1 heterocycles. The molecule has 0 spiro atoms. The van der Waals surface area contributed by atoms with E-state index in [-0.39, 0.29) is 11.3 Å². The van der Waals surface area contributed by atoms with E-state index in [0.717, 1.165) is 11.6 Å². The minimum absolute atomic E-state index is 0.0139. The van der Waals surface area contributed by atoms with Crippen molar-refractivity contribution in [1.29, 1.82) is 0 Å². The molecule has 24 heavy (non-hydrogen) atoms. The second-order valence-electron chi connectivity index (χ2n) is 5.20. The first-order valence-corrected chi connectivity index (χ1v) is 7.22. The SMILES string of the molecule is O=C(O)C1=Cc2cc(-c3ccc(Cl)cc3)ccc2O[C@@H]1C(F)(F)F. The minimum atomic E-state index is -4.81. The van der Waals surface area contributed by atoms with Crippen molar-refractivity contribution in [2.24, 2.45) is 0 Å². The number of benzene rings is 2. The lowest BCUT2D eigenvalue weighted by molar-refractivity contribution is -0.187. The molecule has 2 aromatic rings. The molecule has 124 valence electrons. The molecule has 7 heteroatoms. The number of halogens is 4. The molecule has 0 unspecified atom stereocenters. The molecule has 1 N–H and O–H groups in total. The van der Waals surface area contributed by atoms with E-state index >= 15 is 0 Å². The van der Waals surface area contributed by atoms with Crippen molar-refractivity contribution in [3.8, 4) is 16.9 Å². The Balaban J connectivity index is 2.06. The van der Waals surface area contributed by atoms with E-state index in [1.807, 2.05) is 0 Å². The highest BCUT2D eigenvalue weighted by Gasteiger charge is 2.48. The molecule has 0 saturated heterocycles. The summed E-state index contributed by atoms with van der Waals surface area (Å²) < 4.78 is 43.8. The summed E-state index contributed by atoms with van der Waals surface area (Å²) in [5.41, 5.74) is 0.939. The first kappa shape index (κ1) is 16.4. The Morgan fingerprint density at radius 2 is 1.71 bits per heavy atom. The third-order valence-corrected chi connectivity index (χ3v) is 3.82. The van der Waals surface area contributed by atoms with Gasteiger partial charge in [-0.1, -0.05) is 29.8 Å². The summed E-state index contributed by atoms with van der Waals surface area (Å²) in [6.07, 6.45) is -6.29. The molecule has 2 aromatic carbocycles. The summed E-state index contributed by atoms with van der Waals surface area (Å²) in [6, 6.07) is 11.5. The first-order chi connectivity index (χ1) is 11.3. The number of carboxylic acids is 1. The lowest BCUT2D eigenvalue weighted by atomic mass is 9.97. The van der Waals surface area contributed by atoms with Crippen LogP contribution in [0, 0.1) is 0 Å². The van der Waals surface area contributed by atoms with Crippen molar-refractivity contribution in [3.05, 3.63) is 58.6 Å². The third-order valence-electron chi connectivity index (χ3n) is 3.57. The number of hydrogen-bond donors (Lipinski definition) is 1. The first-order valence-electron chi connectivity index (χ1n) is 6.84. The van der Waals surface area contributed by atoms with E-state index in [0.29, 0.717) is 10.6 Å². The molecule has 0 radical (unpaired) electrons. The van der Waals surface area contributed by atoms with Crippen LogP contribution < -0.4 is 4.74 Å². The number of hydrogen-bond acceptors (Lipinski definition) is 2. The molecule has 1 aliphatic rings. The van der Waals surface area contributed by atoms with Crippen LogP contribution in [0.4, 0.5) is 13.2 Å². The fourth-order valence-electron chi connectivity index (χ4n) is 2.44. The molecular formula is C17H10ClF3O3. The number of fused-ring (bicyclic) bond motifs is 1. The van der Waals surface area contributed by atoms with Gasteiger partial charge in [0.25, 0.3) is 0 Å². The zero-order valence-electron chi connectivity index (χ0n) is 12.0. The highest BCUT2D eigenvalue weighted by molar-refractivity contribution is 6.30. The van der Waals surface area contributed by atoms with Crippen molar-refractivity contribution >= 4 is 23.6 Å². The van der Waals surface area contributed by atoms with E-state index in [2.05, 4.69) is 0 Å². The Bertz CT molecular complexity index is 826. The number of ether oxygens (including phenoxy) is 1. The third kappa shape index (κ3) is 3.10. The largest absolute Gasteiger partial charge is 0.478 e. The van der Waals surface area contributed by atoms with Crippen LogP contribution in [0.1, 0.15) is 5.56 Å². The van der Waals surface area contributed by atoms with E-state index in [9.17, 15) is 18.0 Å². The molecule has 0 bridgehead atoms. The Hall–Kier alpha value is -2.47. The number of carboxylic acid groups (broad SMARTS) is 1. The number of aliphatic carboxylic acids is 1. The topological polar surface area (TPSA) is 46.5 Å². The summed E-state index contributed by atoms with van der Waals surface area (Å²) in [5, 5.41) is 9.61. The molecule has 0 amide bonds. The van der Waals surface area contributed by atoms with Crippen LogP contribution in [-0.4, -0.2) is 23.4 Å². The van der Waals surface area contributed by atoms with E-state index in [1.165, 1.54) is 6.07 Å². The average Bonchev–Trinajstić information content (AvgIpc) is 2.53. The summed E-state index contributed by atoms with van der Waals surface area (Å²) >= 11 is 5.83. The van der Waals surface area contributed by atoms with Gasteiger partial charge in [-0.05, 0) is 41.5 Å². The van der Waals surface area contributed by atoms with Gasteiger partial charge in [-0.3, -0.25) is 0 Å². The maximum Gasteiger partial charge on any atom is 0.430 e. The highest BCUT2D eigenvalue weighted by atomic mass is 35.5. The highest BCUT2D eigenvalue weighted by Crippen LogP contribution is 2.38. The summed E-state index contributed by atoms with van der Waals surface area (Å²) in [6.45, 7) is 0. The maximum absolute atomic E-state index is 13.0. The zero-order valence-corrected chi connectivity index (χ0v) is 12.7. The van der Waals surface area contributed by atoms with Gasteiger partial charge in [-0.25, -0.2) is 4.79 Å². The van der Waals surface area contributed by atoms with E-state index in [1.54, 1.807) is 36.4 Å². The molecule has 0 aromatic heterocycles. The Labute approximate surface area is 139 Å². The summed E-state index contributed by atoms with van der Waals surface area (Å²) in [5.74, 6) is -1.68. The second kappa shape index (κ2) is 5.87. The van der Waals surface area contributed by atoms with Crippen molar-refractivity contribution in [2.45, 2.75) is 12.3 Å². The Kier molecular flexibility index (Phi) is 4.01. The number of carbonyl (C=O) groups is 1. The molecular weight excluding hydrogens is 345 g/mol. The van der Waals surface area contributed by atoms with Gasteiger partial charge in [0.1, 0.15) is 5.75 Å². The molecule has 1 atom stereocenters. The van der Waals surface area contributed by atoms with Crippen LogP contribution in [0.3, 0.4) is 0 Å². The fraction of sp³-hybridized carbons (Fsp3) is 0.118. The van der Waals surface area contributed by atoms with Gasteiger partial charge in [0, 0.05) is 10.6 Å². The number of rotatable bonds is 2. The Morgan fingerprint density at radius 1 is 1.08 bits per heavy atom. The lowest BCUT2D eigenvalue weighted by Crippen LogP contribution is -2.40. The number of alkyl halides is 3. The van der Waals surface area contributed by atoms with Crippen LogP contribution in [0.15, 0.2) is 48.0 Å². The van der Waals surface area contributed by atoms with Crippen LogP contribution in [0.5, 0.6) is 5.75 Å². The van der Waals surface area contributed by atoms with Crippen molar-refractivity contribution in [2.75, 3.05) is 0 Å².